The molecule has 0 aliphatic carbocycles. The molecule has 0 fully saturated rings. The predicted octanol–water partition coefficient (Wildman–Crippen LogP) is 8.82. The van der Waals surface area contributed by atoms with Crippen molar-refractivity contribution in [3.63, 3.8) is 0 Å². The lowest BCUT2D eigenvalue weighted by atomic mass is 10.0. The van der Waals surface area contributed by atoms with E-state index in [-0.39, 0.29) is 0 Å². The molecule has 0 aliphatic rings. The predicted molar refractivity (Wildman–Crippen MR) is 180 cm³/mol. The van der Waals surface area contributed by atoms with Crippen molar-refractivity contribution >= 4 is 34.0 Å². The SMILES string of the molecule is Cc1cc(-c2ccccc2)cc([Si](Cl)(c2cc(C)cc(-c3ccccc3)c2)c2cc(C)cc(-c3ccccc3)c2)c1. The molecule has 0 bridgehead atoms. The van der Waals surface area contributed by atoms with Gasteiger partial charge in [-0.25, -0.2) is 0 Å². The van der Waals surface area contributed by atoms with Crippen molar-refractivity contribution in [1.29, 1.82) is 0 Å². The third-order valence-corrected chi connectivity index (χ3v) is 13.0. The van der Waals surface area contributed by atoms with Gasteiger partial charge in [-0.2, -0.15) is 0 Å². The standard InChI is InChI=1S/C39H33ClSi/c1-28-19-34(31-13-7-4-8-14-31)25-37(22-28)41(40,38-23-29(2)20-35(26-38)32-15-9-5-10-16-32)39-24-30(3)21-36(27-39)33-17-11-6-12-18-33/h4-27H,1-3H3. The number of aryl methyl sites for hydroxylation is 3. The molecule has 200 valence electrons. The van der Waals surface area contributed by atoms with E-state index in [2.05, 4.69) is 166 Å². The molecule has 0 aliphatic heterocycles. The van der Waals surface area contributed by atoms with Crippen molar-refractivity contribution in [2.24, 2.45) is 0 Å². The normalized spacial score (nSPS) is 11.4. The van der Waals surface area contributed by atoms with E-state index in [0.29, 0.717) is 0 Å². The van der Waals surface area contributed by atoms with Gasteiger partial charge in [-0.1, -0.05) is 162 Å². The average Bonchev–Trinajstić information content (AvgIpc) is 3.01. The van der Waals surface area contributed by atoms with Crippen molar-refractivity contribution in [2.45, 2.75) is 20.8 Å². The lowest BCUT2D eigenvalue weighted by Gasteiger charge is -2.29. The van der Waals surface area contributed by atoms with Gasteiger partial charge in [0.05, 0.1) is 0 Å². The minimum atomic E-state index is -2.99. The van der Waals surface area contributed by atoms with Crippen molar-refractivity contribution in [3.05, 3.63) is 162 Å². The summed E-state index contributed by atoms with van der Waals surface area (Å²) in [5.41, 5.74) is 10.8. The maximum Gasteiger partial charge on any atom is 0.248 e. The molecule has 0 radical (unpaired) electrons. The lowest BCUT2D eigenvalue weighted by Crippen LogP contribution is -2.63. The molecular weight excluding hydrogens is 532 g/mol. The quantitative estimate of drug-likeness (QED) is 0.108. The van der Waals surface area contributed by atoms with E-state index in [9.17, 15) is 0 Å². The summed E-state index contributed by atoms with van der Waals surface area (Å²) < 4.78 is 0. The summed E-state index contributed by atoms with van der Waals surface area (Å²) in [6.45, 7) is 6.54. The Hall–Kier alpha value is -4.17. The highest BCUT2D eigenvalue weighted by Gasteiger charge is 2.39. The number of rotatable bonds is 6. The van der Waals surface area contributed by atoms with E-state index in [1.807, 2.05) is 0 Å². The summed E-state index contributed by atoms with van der Waals surface area (Å²) in [6.07, 6.45) is 0. The highest BCUT2D eigenvalue weighted by molar-refractivity contribution is 7.40. The largest absolute Gasteiger partial charge is 0.248 e. The molecule has 0 atom stereocenters. The molecule has 0 saturated heterocycles. The van der Waals surface area contributed by atoms with E-state index < -0.39 is 7.38 Å². The van der Waals surface area contributed by atoms with Gasteiger partial charge in [-0.15, -0.1) is 11.1 Å². The van der Waals surface area contributed by atoms with Gasteiger partial charge in [0.2, 0.25) is 7.38 Å². The van der Waals surface area contributed by atoms with Crippen LogP contribution in [-0.2, 0) is 0 Å². The van der Waals surface area contributed by atoms with Crippen LogP contribution in [0.5, 0.6) is 0 Å². The Morgan fingerprint density at radius 1 is 0.341 bits per heavy atom. The molecule has 6 aromatic carbocycles. The molecule has 0 aromatic heterocycles. The average molecular weight is 565 g/mol. The molecule has 0 saturated carbocycles. The summed E-state index contributed by atoms with van der Waals surface area (Å²) in [6, 6.07) is 52.6. The molecule has 0 spiro atoms. The number of benzene rings is 6. The molecule has 0 N–H and O–H groups in total. The second-order valence-electron chi connectivity index (χ2n) is 11.0. The Bertz CT molecular complexity index is 1590. The summed E-state index contributed by atoms with van der Waals surface area (Å²) in [5, 5.41) is 3.60. The molecule has 41 heavy (non-hydrogen) atoms. The van der Waals surface area contributed by atoms with Gasteiger partial charge in [0.25, 0.3) is 0 Å². The Morgan fingerprint density at radius 2 is 0.610 bits per heavy atom. The van der Waals surface area contributed by atoms with Gasteiger partial charge in [-0.3, -0.25) is 0 Å². The molecular formula is C39H33ClSi. The van der Waals surface area contributed by atoms with E-state index in [4.69, 9.17) is 11.1 Å². The molecule has 6 aromatic rings. The molecule has 0 unspecified atom stereocenters. The Balaban J connectivity index is 1.63. The first-order valence-corrected chi connectivity index (χ1v) is 17.1. The Labute approximate surface area is 249 Å². The van der Waals surface area contributed by atoms with Gasteiger partial charge in [0.15, 0.2) is 0 Å². The zero-order valence-electron chi connectivity index (χ0n) is 23.7. The first-order chi connectivity index (χ1) is 19.9. The van der Waals surface area contributed by atoms with Crippen LogP contribution in [0.2, 0.25) is 0 Å². The fourth-order valence-corrected chi connectivity index (χ4v) is 10.2. The van der Waals surface area contributed by atoms with E-state index >= 15 is 0 Å². The first kappa shape index (κ1) is 27.0. The zero-order valence-corrected chi connectivity index (χ0v) is 25.5. The highest BCUT2D eigenvalue weighted by atomic mass is 35.6. The van der Waals surface area contributed by atoms with Crippen LogP contribution in [0.3, 0.4) is 0 Å². The Morgan fingerprint density at radius 3 is 0.878 bits per heavy atom. The van der Waals surface area contributed by atoms with Gasteiger partial charge in [0.1, 0.15) is 0 Å². The summed E-state index contributed by atoms with van der Waals surface area (Å²) in [4.78, 5) is 0. The second-order valence-corrected chi connectivity index (χ2v) is 15.8. The molecule has 6 rings (SSSR count). The first-order valence-electron chi connectivity index (χ1n) is 14.1. The third-order valence-electron chi connectivity index (χ3n) is 7.75. The van der Waals surface area contributed by atoms with Gasteiger partial charge in [0, 0.05) is 0 Å². The van der Waals surface area contributed by atoms with Crippen LogP contribution >= 0.6 is 11.1 Å². The van der Waals surface area contributed by atoms with Crippen molar-refractivity contribution in [2.75, 3.05) is 0 Å². The number of halogens is 1. The van der Waals surface area contributed by atoms with Crippen LogP contribution < -0.4 is 15.6 Å². The van der Waals surface area contributed by atoms with Crippen LogP contribution in [0.4, 0.5) is 0 Å². The van der Waals surface area contributed by atoms with Gasteiger partial charge < -0.3 is 0 Å². The molecule has 2 heteroatoms. The zero-order chi connectivity index (χ0) is 28.4. The summed E-state index contributed by atoms with van der Waals surface area (Å²) >= 11 is 8.25. The van der Waals surface area contributed by atoms with E-state index in [0.717, 1.165) is 0 Å². The monoisotopic (exact) mass is 564 g/mol. The maximum atomic E-state index is 8.25. The van der Waals surface area contributed by atoms with Gasteiger partial charge in [-0.05, 0) is 69.7 Å². The van der Waals surface area contributed by atoms with Crippen molar-refractivity contribution in [3.8, 4) is 33.4 Å². The minimum Gasteiger partial charge on any atom is -0.149 e. The fraction of sp³-hybridized carbons (Fsp3) is 0.0769. The lowest BCUT2D eigenvalue weighted by molar-refractivity contribution is 1.46. The molecule has 0 nitrogen and oxygen atoms in total. The molecule has 0 heterocycles. The van der Waals surface area contributed by atoms with Crippen LogP contribution in [0, 0.1) is 20.8 Å². The summed E-state index contributed by atoms with van der Waals surface area (Å²) in [5.74, 6) is 0. The van der Waals surface area contributed by atoms with Crippen LogP contribution in [-0.4, -0.2) is 7.38 Å². The number of hydrogen-bond acceptors (Lipinski definition) is 0. The Kier molecular flexibility index (Phi) is 7.49. The van der Waals surface area contributed by atoms with Crippen LogP contribution in [0.15, 0.2) is 146 Å². The van der Waals surface area contributed by atoms with E-state index in [1.165, 1.54) is 65.6 Å². The summed E-state index contributed by atoms with van der Waals surface area (Å²) in [7, 11) is -2.99. The molecule has 0 amide bonds. The van der Waals surface area contributed by atoms with Crippen LogP contribution in [0.25, 0.3) is 33.4 Å². The number of hydrogen-bond donors (Lipinski definition) is 0. The second kappa shape index (κ2) is 11.4. The van der Waals surface area contributed by atoms with E-state index in [1.54, 1.807) is 0 Å². The van der Waals surface area contributed by atoms with Crippen molar-refractivity contribution in [1.82, 2.24) is 0 Å². The van der Waals surface area contributed by atoms with Crippen molar-refractivity contribution < 1.29 is 0 Å². The smallest absolute Gasteiger partial charge is 0.149 e. The third kappa shape index (κ3) is 5.57. The highest BCUT2D eigenvalue weighted by Crippen LogP contribution is 2.27. The van der Waals surface area contributed by atoms with Gasteiger partial charge >= 0.3 is 0 Å². The minimum absolute atomic E-state index is 1.20. The fourth-order valence-electron chi connectivity index (χ4n) is 5.84. The maximum absolute atomic E-state index is 8.25. The van der Waals surface area contributed by atoms with Crippen LogP contribution in [0.1, 0.15) is 16.7 Å². The topological polar surface area (TPSA) is 0 Å².